The normalized spacial score (nSPS) is 11.3. The number of aliphatic imine (C=N–C) groups is 1. The van der Waals surface area contributed by atoms with Crippen LogP contribution in [0.4, 0.5) is 0 Å². The van der Waals surface area contributed by atoms with Crippen molar-refractivity contribution in [2.75, 3.05) is 24.8 Å². The number of thioether (sulfide) groups is 2. The molecule has 0 unspecified atom stereocenters. The molecule has 0 aliphatic heterocycles. The minimum Gasteiger partial charge on any atom is -0.439 e. The molecular weight excluding hydrogens is 330 g/mol. The Bertz CT molecular complexity index is 631. The Kier molecular flexibility index (Phi) is 7.25. The molecule has 1 aromatic carbocycles. The van der Waals surface area contributed by atoms with E-state index in [0.29, 0.717) is 23.8 Å². The summed E-state index contributed by atoms with van der Waals surface area (Å²) in [6.07, 6.45) is 5.66. The van der Waals surface area contributed by atoms with E-state index < -0.39 is 0 Å². The summed E-state index contributed by atoms with van der Waals surface area (Å²) < 4.78 is 5.70. The minimum absolute atomic E-state index is 0.405. The van der Waals surface area contributed by atoms with E-state index in [9.17, 15) is 5.21 Å². The van der Waals surface area contributed by atoms with Crippen molar-refractivity contribution in [3.05, 3.63) is 48.2 Å². The van der Waals surface area contributed by atoms with Gasteiger partial charge in [-0.15, -0.1) is 11.8 Å². The SMILES string of the molecule is CSCCN=C(NO)c1ccc(Oc2ccc(SC)cc2)nc1. The number of hydrogen-bond acceptors (Lipinski definition) is 6. The fourth-order valence-corrected chi connectivity index (χ4v) is 2.47. The molecule has 2 rings (SSSR count). The molecule has 2 N–H and O–H groups in total. The van der Waals surface area contributed by atoms with Gasteiger partial charge in [-0.2, -0.15) is 11.8 Å². The molecule has 7 heteroatoms. The van der Waals surface area contributed by atoms with E-state index in [1.54, 1.807) is 41.9 Å². The van der Waals surface area contributed by atoms with Crippen LogP contribution in [0.25, 0.3) is 0 Å². The van der Waals surface area contributed by atoms with Gasteiger partial charge in [0.25, 0.3) is 0 Å². The second-order valence-corrected chi connectivity index (χ2v) is 6.36. The van der Waals surface area contributed by atoms with E-state index in [1.807, 2.05) is 36.8 Å². The van der Waals surface area contributed by atoms with Crippen molar-refractivity contribution in [2.45, 2.75) is 4.90 Å². The molecule has 0 aliphatic rings. The van der Waals surface area contributed by atoms with E-state index in [-0.39, 0.29) is 0 Å². The Morgan fingerprint density at radius 1 is 1.22 bits per heavy atom. The van der Waals surface area contributed by atoms with Crippen LogP contribution >= 0.6 is 23.5 Å². The van der Waals surface area contributed by atoms with Crippen molar-refractivity contribution in [3.8, 4) is 11.6 Å². The second-order valence-electron chi connectivity index (χ2n) is 4.50. The van der Waals surface area contributed by atoms with Crippen molar-refractivity contribution in [1.82, 2.24) is 10.5 Å². The molecule has 1 aromatic heterocycles. The summed E-state index contributed by atoms with van der Waals surface area (Å²) in [5.41, 5.74) is 2.82. The molecule has 0 radical (unpaired) electrons. The summed E-state index contributed by atoms with van der Waals surface area (Å²) in [5, 5.41) is 9.18. The van der Waals surface area contributed by atoms with Gasteiger partial charge < -0.3 is 4.74 Å². The quantitative estimate of drug-likeness (QED) is 0.261. The molecule has 0 amide bonds. The summed E-state index contributed by atoms with van der Waals surface area (Å²) in [5.74, 6) is 2.53. The van der Waals surface area contributed by atoms with Crippen LogP contribution in [0.3, 0.4) is 0 Å². The summed E-state index contributed by atoms with van der Waals surface area (Å²) in [6.45, 7) is 0.629. The van der Waals surface area contributed by atoms with Gasteiger partial charge in [0.1, 0.15) is 5.75 Å². The lowest BCUT2D eigenvalue weighted by Crippen LogP contribution is -2.21. The number of rotatable bonds is 7. The first-order chi connectivity index (χ1) is 11.3. The van der Waals surface area contributed by atoms with Crippen LogP contribution in [0.2, 0.25) is 0 Å². The van der Waals surface area contributed by atoms with E-state index in [4.69, 9.17) is 4.74 Å². The van der Waals surface area contributed by atoms with Crippen LogP contribution in [-0.4, -0.2) is 40.8 Å². The summed E-state index contributed by atoms with van der Waals surface area (Å²) in [6, 6.07) is 11.4. The van der Waals surface area contributed by atoms with Gasteiger partial charge >= 0.3 is 0 Å². The Morgan fingerprint density at radius 2 is 2.00 bits per heavy atom. The van der Waals surface area contributed by atoms with Crippen LogP contribution < -0.4 is 10.2 Å². The van der Waals surface area contributed by atoms with Crippen LogP contribution in [0.1, 0.15) is 5.56 Å². The fraction of sp³-hybridized carbons (Fsp3) is 0.250. The van der Waals surface area contributed by atoms with Gasteiger partial charge in [-0.3, -0.25) is 15.7 Å². The maximum Gasteiger partial charge on any atom is 0.219 e. The molecule has 0 saturated carbocycles. The van der Waals surface area contributed by atoms with Crippen molar-refractivity contribution in [3.63, 3.8) is 0 Å². The van der Waals surface area contributed by atoms with E-state index in [1.165, 1.54) is 4.90 Å². The standard InChI is InChI=1S/C16H19N3O2S2/c1-22-10-9-17-16(19-20)12-3-8-15(18-11-12)21-13-4-6-14(23-2)7-5-13/h3-8,11,20H,9-10H2,1-2H3,(H,17,19). The third-order valence-electron chi connectivity index (χ3n) is 2.96. The first kappa shape index (κ1) is 17.7. The molecule has 2 aromatic rings. The predicted molar refractivity (Wildman–Crippen MR) is 97.2 cm³/mol. The summed E-state index contributed by atoms with van der Waals surface area (Å²) in [4.78, 5) is 9.72. The number of aromatic nitrogens is 1. The molecule has 5 nitrogen and oxygen atoms in total. The average molecular weight is 349 g/mol. The zero-order valence-corrected chi connectivity index (χ0v) is 14.7. The van der Waals surface area contributed by atoms with Gasteiger partial charge in [-0.25, -0.2) is 4.98 Å². The maximum atomic E-state index is 9.18. The van der Waals surface area contributed by atoms with Gasteiger partial charge in [-0.05, 0) is 42.8 Å². The molecule has 1 heterocycles. The number of benzene rings is 1. The minimum atomic E-state index is 0.405. The number of nitrogens with one attached hydrogen (secondary N) is 1. The molecule has 122 valence electrons. The Morgan fingerprint density at radius 3 is 2.57 bits per heavy atom. The van der Waals surface area contributed by atoms with Crippen LogP contribution in [0.5, 0.6) is 11.6 Å². The van der Waals surface area contributed by atoms with Gasteiger partial charge in [-0.1, -0.05) is 0 Å². The van der Waals surface area contributed by atoms with Crippen molar-refractivity contribution >= 4 is 29.4 Å². The van der Waals surface area contributed by atoms with Gasteiger partial charge in [0.05, 0.1) is 6.54 Å². The Labute approximate surface area is 144 Å². The summed E-state index contributed by atoms with van der Waals surface area (Å²) in [7, 11) is 0. The number of hydrogen-bond donors (Lipinski definition) is 2. The first-order valence-electron chi connectivity index (χ1n) is 6.98. The topological polar surface area (TPSA) is 66.7 Å². The summed E-state index contributed by atoms with van der Waals surface area (Å²) >= 11 is 3.38. The third-order valence-corrected chi connectivity index (χ3v) is 4.30. The van der Waals surface area contributed by atoms with E-state index in [0.717, 1.165) is 11.5 Å². The Hall–Kier alpha value is -1.70. The van der Waals surface area contributed by atoms with Gasteiger partial charge in [0.2, 0.25) is 5.88 Å². The van der Waals surface area contributed by atoms with Crippen LogP contribution in [-0.2, 0) is 0 Å². The van der Waals surface area contributed by atoms with E-state index in [2.05, 4.69) is 15.5 Å². The highest BCUT2D eigenvalue weighted by Gasteiger charge is 2.04. The number of ether oxygens (including phenoxy) is 1. The van der Waals surface area contributed by atoms with Crippen molar-refractivity contribution in [1.29, 1.82) is 0 Å². The number of amidine groups is 1. The number of hydroxylamine groups is 1. The van der Waals surface area contributed by atoms with Crippen LogP contribution in [0.15, 0.2) is 52.5 Å². The van der Waals surface area contributed by atoms with Crippen LogP contribution in [0, 0.1) is 0 Å². The number of nitrogens with zero attached hydrogens (tertiary/aromatic N) is 2. The fourth-order valence-electron chi connectivity index (χ4n) is 1.79. The zero-order chi connectivity index (χ0) is 16.5. The molecule has 0 fully saturated rings. The maximum absolute atomic E-state index is 9.18. The first-order valence-corrected chi connectivity index (χ1v) is 9.60. The lowest BCUT2D eigenvalue weighted by molar-refractivity contribution is 0.234. The average Bonchev–Trinajstić information content (AvgIpc) is 2.60. The lowest BCUT2D eigenvalue weighted by atomic mass is 10.2. The largest absolute Gasteiger partial charge is 0.439 e. The van der Waals surface area contributed by atoms with Crippen molar-refractivity contribution in [2.24, 2.45) is 4.99 Å². The smallest absolute Gasteiger partial charge is 0.219 e. The van der Waals surface area contributed by atoms with Crippen molar-refractivity contribution < 1.29 is 9.94 Å². The predicted octanol–water partition coefficient (Wildman–Crippen LogP) is 3.68. The molecule has 0 aliphatic carbocycles. The second kappa shape index (κ2) is 9.44. The highest BCUT2D eigenvalue weighted by atomic mass is 32.2. The molecule has 0 atom stereocenters. The van der Waals surface area contributed by atoms with Gasteiger partial charge in [0.15, 0.2) is 5.84 Å². The monoisotopic (exact) mass is 349 g/mol. The highest BCUT2D eigenvalue weighted by Crippen LogP contribution is 2.23. The zero-order valence-electron chi connectivity index (χ0n) is 13.0. The molecule has 0 bridgehead atoms. The Balaban J connectivity index is 2.04. The molecular formula is C16H19N3O2S2. The number of pyridine rings is 1. The van der Waals surface area contributed by atoms with Gasteiger partial charge in [0, 0.05) is 28.5 Å². The molecule has 0 spiro atoms. The highest BCUT2D eigenvalue weighted by molar-refractivity contribution is 7.98. The molecule has 0 saturated heterocycles. The third kappa shape index (κ3) is 5.46. The molecule has 23 heavy (non-hydrogen) atoms. The van der Waals surface area contributed by atoms with E-state index >= 15 is 0 Å². The lowest BCUT2D eigenvalue weighted by Gasteiger charge is -2.07.